The molecule has 0 N–H and O–H groups in total. The number of aromatic nitrogens is 1. The van der Waals surface area contributed by atoms with Gasteiger partial charge in [-0.25, -0.2) is 0 Å². The summed E-state index contributed by atoms with van der Waals surface area (Å²) in [7, 11) is 0. The normalized spacial score (nSPS) is 18.3. The molecule has 0 aliphatic carbocycles. The van der Waals surface area contributed by atoms with Crippen LogP contribution in [0.4, 0.5) is 6.01 Å². The zero-order chi connectivity index (χ0) is 22.6. The van der Waals surface area contributed by atoms with E-state index in [0.29, 0.717) is 17.5 Å². The van der Waals surface area contributed by atoms with Crippen molar-refractivity contribution in [2.75, 3.05) is 44.2 Å². The van der Waals surface area contributed by atoms with E-state index in [1.54, 1.807) is 0 Å². The van der Waals surface area contributed by atoms with Crippen molar-refractivity contribution in [3.8, 4) is 6.07 Å². The lowest BCUT2D eigenvalue weighted by Crippen LogP contribution is -2.44. The third kappa shape index (κ3) is 4.86. The van der Waals surface area contributed by atoms with Gasteiger partial charge in [0.1, 0.15) is 5.52 Å². The van der Waals surface area contributed by atoms with Crippen LogP contribution in [-0.2, 0) is 11.3 Å². The van der Waals surface area contributed by atoms with Gasteiger partial charge < -0.3 is 14.2 Å². The lowest BCUT2D eigenvalue weighted by molar-refractivity contribution is -0.136. The maximum absolute atomic E-state index is 13.2. The second kappa shape index (κ2) is 9.63. The summed E-state index contributed by atoms with van der Waals surface area (Å²) in [4.78, 5) is 24.5. The van der Waals surface area contributed by atoms with E-state index in [1.807, 2.05) is 48.5 Å². The van der Waals surface area contributed by atoms with Gasteiger partial charge in [-0.15, -0.1) is 0 Å². The average molecular weight is 444 g/mol. The Balaban J connectivity index is 1.13. The fourth-order valence-electron chi connectivity index (χ4n) is 4.86. The second-order valence-electron chi connectivity index (χ2n) is 8.99. The second-order valence-corrected chi connectivity index (χ2v) is 8.99. The molecular formula is C26H29N5O2. The monoisotopic (exact) mass is 443 g/mol. The topological polar surface area (TPSA) is 76.6 Å². The molecule has 33 heavy (non-hydrogen) atoms. The van der Waals surface area contributed by atoms with Crippen LogP contribution in [0.3, 0.4) is 0 Å². The number of carbonyl (C=O) groups is 1. The first-order valence-electron chi connectivity index (χ1n) is 11.8. The van der Waals surface area contributed by atoms with E-state index in [2.05, 4.69) is 25.8 Å². The molecule has 0 spiro atoms. The van der Waals surface area contributed by atoms with Gasteiger partial charge in [0.2, 0.25) is 5.91 Å². The molecule has 170 valence electrons. The zero-order valence-corrected chi connectivity index (χ0v) is 18.8. The summed E-state index contributed by atoms with van der Waals surface area (Å²) in [6, 6.07) is 18.4. The zero-order valence-electron chi connectivity index (χ0n) is 18.8. The van der Waals surface area contributed by atoms with E-state index < -0.39 is 0 Å². The third-order valence-corrected chi connectivity index (χ3v) is 6.79. The molecule has 0 radical (unpaired) electrons. The maximum Gasteiger partial charge on any atom is 0.298 e. The summed E-state index contributed by atoms with van der Waals surface area (Å²) in [5.41, 5.74) is 3.58. The number of carbonyl (C=O) groups excluding carboxylic acids is 1. The van der Waals surface area contributed by atoms with Crippen molar-refractivity contribution in [1.82, 2.24) is 14.8 Å². The van der Waals surface area contributed by atoms with Gasteiger partial charge in [0.25, 0.3) is 6.01 Å². The van der Waals surface area contributed by atoms with Gasteiger partial charge in [0.05, 0.1) is 11.6 Å². The van der Waals surface area contributed by atoms with Crippen LogP contribution in [0.5, 0.6) is 0 Å². The van der Waals surface area contributed by atoms with Crippen molar-refractivity contribution in [3.05, 3.63) is 59.7 Å². The standard InChI is InChI=1S/C26H29N5O2/c27-18-20-6-8-21(9-7-20)19-29-12-3-13-30(17-16-29)25(32)22-10-14-31(15-11-22)26-28-23-4-1-2-5-24(23)33-26/h1-2,4-9,22H,3,10-17,19H2. The SMILES string of the molecule is N#Cc1ccc(CN2CCCN(C(=O)C3CCN(c4nc5ccccc5o4)CC3)CC2)cc1. The Morgan fingerprint density at radius 3 is 2.55 bits per heavy atom. The molecular weight excluding hydrogens is 414 g/mol. The third-order valence-electron chi connectivity index (χ3n) is 6.79. The molecule has 1 amide bonds. The van der Waals surface area contributed by atoms with Gasteiger partial charge in [-0.3, -0.25) is 9.69 Å². The first-order chi connectivity index (χ1) is 16.2. The molecule has 0 bridgehead atoms. The number of amides is 1. The predicted molar refractivity (Wildman–Crippen MR) is 127 cm³/mol. The van der Waals surface area contributed by atoms with E-state index in [1.165, 1.54) is 5.56 Å². The van der Waals surface area contributed by atoms with Crippen molar-refractivity contribution in [2.45, 2.75) is 25.8 Å². The Bertz CT molecular complexity index is 1110. The maximum atomic E-state index is 13.2. The van der Waals surface area contributed by atoms with E-state index >= 15 is 0 Å². The summed E-state index contributed by atoms with van der Waals surface area (Å²) < 4.78 is 5.91. The molecule has 2 fully saturated rings. The van der Waals surface area contributed by atoms with Crippen molar-refractivity contribution in [3.63, 3.8) is 0 Å². The Morgan fingerprint density at radius 1 is 1.00 bits per heavy atom. The van der Waals surface area contributed by atoms with Gasteiger partial charge in [-0.05, 0) is 49.1 Å². The minimum atomic E-state index is 0.0794. The van der Waals surface area contributed by atoms with Crippen LogP contribution >= 0.6 is 0 Å². The largest absolute Gasteiger partial charge is 0.423 e. The van der Waals surface area contributed by atoms with Crippen LogP contribution in [0, 0.1) is 17.2 Å². The molecule has 5 rings (SSSR count). The molecule has 2 aromatic carbocycles. The molecule has 3 heterocycles. The first kappa shape index (κ1) is 21.5. The molecule has 7 nitrogen and oxygen atoms in total. The van der Waals surface area contributed by atoms with Crippen molar-refractivity contribution in [2.24, 2.45) is 5.92 Å². The minimum Gasteiger partial charge on any atom is -0.423 e. The van der Waals surface area contributed by atoms with Crippen LogP contribution in [0.1, 0.15) is 30.4 Å². The highest BCUT2D eigenvalue weighted by Crippen LogP contribution is 2.27. The number of anilines is 1. The minimum absolute atomic E-state index is 0.0794. The number of nitriles is 1. The fraction of sp³-hybridized carbons (Fsp3) is 0.423. The summed E-state index contributed by atoms with van der Waals surface area (Å²) >= 11 is 0. The van der Waals surface area contributed by atoms with Gasteiger partial charge in [-0.2, -0.15) is 10.2 Å². The molecule has 2 aliphatic heterocycles. The van der Waals surface area contributed by atoms with Crippen LogP contribution in [0.15, 0.2) is 52.9 Å². The Morgan fingerprint density at radius 2 is 1.79 bits per heavy atom. The molecule has 7 heteroatoms. The molecule has 0 atom stereocenters. The molecule has 1 aromatic heterocycles. The quantitative estimate of drug-likeness (QED) is 0.613. The number of nitrogens with zero attached hydrogens (tertiary/aromatic N) is 5. The molecule has 3 aromatic rings. The number of rotatable bonds is 4. The number of para-hydroxylation sites is 2. The lowest BCUT2D eigenvalue weighted by Gasteiger charge is -2.33. The molecule has 2 aliphatic rings. The highest BCUT2D eigenvalue weighted by molar-refractivity contribution is 5.79. The summed E-state index contributed by atoms with van der Waals surface area (Å²) in [6.45, 7) is 5.92. The van der Waals surface area contributed by atoms with Crippen LogP contribution < -0.4 is 4.90 Å². The van der Waals surface area contributed by atoms with Crippen molar-refractivity contribution >= 4 is 23.0 Å². The van der Waals surface area contributed by atoms with E-state index in [0.717, 1.165) is 76.2 Å². The number of piperidine rings is 1. The molecule has 0 unspecified atom stereocenters. The lowest BCUT2D eigenvalue weighted by atomic mass is 9.95. The molecule has 0 saturated carbocycles. The van der Waals surface area contributed by atoms with Crippen LogP contribution in [0.25, 0.3) is 11.1 Å². The number of hydrogen-bond acceptors (Lipinski definition) is 6. The Hall–Kier alpha value is -3.37. The van der Waals surface area contributed by atoms with Gasteiger partial charge >= 0.3 is 0 Å². The highest BCUT2D eigenvalue weighted by Gasteiger charge is 2.31. The molecule has 2 saturated heterocycles. The van der Waals surface area contributed by atoms with Gasteiger partial charge in [0.15, 0.2) is 5.58 Å². The van der Waals surface area contributed by atoms with Crippen molar-refractivity contribution < 1.29 is 9.21 Å². The predicted octanol–water partition coefficient (Wildman–Crippen LogP) is 3.65. The van der Waals surface area contributed by atoms with Gasteiger partial charge in [-0.1, -0.05) is 24.3 Å². The van der Waals surface area contributed by atoms with Crippen molar-refractivity contribution in [1.29, 1.82) is 5.26 Å². The smallest absolute Gasteiger partial charge is 0.298 e. The number of fused-ring (bicyclic) bond motifs is 1. The number of benzene rings is 2. The average Bonchev–Trinajstić information content (AvgIpc) is 3.17. The summed E-state index contributed by atoms with van der Waals surface area (Å²) in [6.07, 6.45) is 2.66. The van der Waals surface area contributed by atoms with E-state index in [4.69, 9.17) is 9.68 Å². The first-order valence-corrected chi connectivity index (χ1v) is 11.8. The van der Waals surface area contributed by atoms with E-state index in [-0.39, 0.29) is 5.92 Å². The number of hydrogen-bond donors (Lipinski definition) is 0. The summed E-state index contributed by atoms with van der Waals surface area (Å²) in [5, 5.41) is 8.97. The van der Waals surface area contributed by atoms with E-state index in [9.17, 15) is 4.79 Å². The Labute approximate surface area is 194 Å². The number of oxazole rings is 1. The highest BCUT2D eigenvalue weighted by atomic mass is 16.4. The fourth-order valence-corrected chi connectivity index (χ4v) is 4.86. The van der Waals surface area contributed by atoms with Crippen LogP contribution in [-0.4, -0.2) is 60.0 Å². The van der Waals surface area contributed by atoms with Gasteiger partial charge in [0, 0.05) is 51.7 Å². The Kier molecular flexibility index (Phi) is 6.27. The summed E-state index contributed by atoms with van der Waals surface area (Å²) in [5.74, 6) is 0.378. The van der Waals surface area contributed by atoms with Crippen LogP contribution in [0.2, 0.25) is 0 Å².